The Balaban J connectivity index is 1.55. The molecule has 1 aliphatic rings. The Morgan fingerprint density at radius 2 is 2.07 bits per heavy atom. The lowest BCUT2D eigenvalue weighted by atomic mass is 10.1. The third-order valence-corrected chi connectivity index (χ3v) is 4.32. The summed E-state index contributed by atoms with van der Waals surface area (Å²) in [6, 6.07) is 10.4. The molecular weight excluding hydrogens is 378 g/mol. The van der Waals surface area contributed by atoms with Crippen LogP contribution in [0.1, 0.15) is 29.0 Å². The van der Waals surface area contributed by atoms with Crippen molar-refractivity contribution >= 4 is 40.9 Å². The topological polar surface area (TPSA) is 92.6 Å². The summed E-state index contributed by atoms with van der Waals surface area (Å²) in [7, 11) is 0. The first-order chi connectivity index (χ1) is 13.6. The number of hydrogen-bond acceptors (Lipinski definition) is 5. The Morgan fingerprint density at radius 3 is 2.82 bits per heavy atom. The van der Waals surface area contributed by atoms with Crippen LogP contribution in [0.4, 0.5) is 5.69 Å². The van der Waals surface area contributed by atoms with Crippen molar-refractivity contribution in [2.45, 2.75) is 18.9 Å². The highest BCUT2D eigenvalue weighted by Crippen LogP contribution is 2.16. The van der Waals surface area contributed by atoms with E-state index in [1.54, 1.807) is 36.4 Å². The van der Waals surface area contributed by atoms with Gasteiger partial charge in [-0.2, -0.15) is 0 Å². The highest BCUT2D eigenvalue weighted by molar-refractivity contribution is 7.80. The Bertz CT molecular complexity index is 858. The fourth-order valence-corrected chi connectivity index (χ4v) is 2.96. The molecule has 1 aromatic carbocycles. The lowest BCUT2D eigenvalue weighted by Gasteiger charge is -2.14. The van der Waals surface area contributed by atoms with Crippen LogP contribution in [-0.4, -0.2) is 36.2 Å². The van der Waals surface area contributed by atoms with Crippen molar-refractivity contribution < 1.29 is 18.7 Å². The highest BCUT2D eigenvalue weighted by Gasteiger charge is 2.18. The van der Waals surface area contributed by atoms with Gasteiger partial charge in [0, 0.05) is 19.2 Å². The van der Waals surface area contributed by atoms with Crippen molar-refractivity contribution in [2.24, 2.45) is 0 Å². The minimum Gasteiger partial charge on any atom is -0.465 e. The second kappa shape index (κ2) is 9.82. The predicted octanol–water partition coefficient (Wildman–Crippen LogP) is 2.71. The summed E-state index contributed by atoms with van der Waals surface area (Å²) in [5.74, 6) is -0.0815. The average Bonchev–Trinajstić information content (AvgIpc) is 3.38. The number of anilines is 1. The minimum absolute atomic E-state index is 0.0605. The number of benzene rings is 1. The van der Waals surface area contributed by atoms with Crippen LogP contribution in [0.15, 0.2) is 53.2 Å². The lowest BCUT2D eigenvalue weighted by Crippen LogP contribution is -2.35. The van der Waals surface area contributed by atoms with E-state index >= 15 is 0 Å². The molecule has 2 amide bonds. The number of carbonyl (C=O) groups is 2. The van der Waals surface area contributed by atoms with Gasteiger partial charge in [0.1, 0.15) is 5.76 Å². The van der Waals surface area contributed by atoms with Crippen LogP contribution >= 0.6 is 12.2 Å². The maximum Gasteiger partial charge on any atom is 0.253 e. The monoisotopic (exact) mass is 399 g/mol. The van der Waals surface area contributed by atoms with Crippen molar-refractivity contribution in [1.82, 2.24) is 10.6 Å². The van der Waals surface area contributed by atoms with Crippen LogP contribution in [0.2, 0.25) is 0 Å². The molecule has 1 atom stereocenters. The van der Waals surface area contributed by atoms with Crippen LogP contribution in [0.3, 0.4) is 0 Å². The Hall–Kier alpha value is -2.97. The van der Waals surface area contributed by atoms with Crippen molar-refractivity contribution in [1.29, 1.82) is 0 Å². The third-order valence-electron chi connectivity index (χ3n) is 4.11. The summed E-state index contributed by atoms with van der Waals surface area (Å²) in [5, 5.41) is 8.39. The highest BCUT2D eigenvalue weighted by atomic mass is 32.1. The maximum absolute atomic E-state index is 12.5. The first kappa shape index (κ1) is 19.8. The van der Waals surface area contributed by atoms with Gasteiger partial charge in [-0.05, 0) is 55.4 Å². The van der Waals surface area contributed by atoms with Crippen molar-refractivity contribution in [3.8, 4) is 0 Å². The molecule has 8 heteroatoms. The van der Waals surface area contributed by atoms with Gasteiger partial charge in [0.25, 0.3) is 5.91 Å². The molecular formula is C20H21N3O4S. The molecule has 0 unspecified atom stereocenters. The van der Waals surface area contributed by atoms with Gasteiger partial charge in [0.2, 0.25) is 5.91 Å². The quantitative estimate of drug-likeness (QED) is 0.511. The standard InChI is InChI=1S/C20H21N3O4S/c24-18(10-9-14-5-3-11-26-14)23-20(28)22-17-8-2-1-7-16(17)19(25)21-13-15-6-4-12-27-15/h1-3,5,7-11,15H,4,6,12-13H2,(H,21,25)(H2,22,23,24,28)/b10-9+/t15-/m1/s1. The van der Waals surface area contributed by atoms with Gasteiger partial charge >= 0.3 is 0 Å². The van der Waals surface area contributed by atoms with Crippen LogP contribution < -0.4 is 16.0 Å². The number of thiocarbonyl (C=S) groups is 1. The lowest BCUT2D eigenvalue weighted by molar-refractivity contribution is -0.115. The fourth-order valence-electron chi connectivity index (χ4n) is 2.75. The Kier molecular flexibility index (Phi) is 6.94. The smallest absolute Gasteiger partial charge is 0.253 e. The summed E-state index contributed by atoms with van der Waals surface area (Å²) in [5.41, 5.74) is 0.941. The first-order valence-corrected chi connectivity index (χ1v) is 9.35. The second-order valence-electron chi connectivity index (χ2n) is 6.18. The molecule has 0 spiro atoms. The fraction of sp³-hybridized carbons (Fsp3) is 0.250. The predicted molar refractivity (Wildman–Crippen MR) is 110 cm³/mol. The number of ether oxygens (including phenoxy) is 1. The number of hydrogen-bond donors (Lipinski definition) is 3. The summed E-state index contributed by atoms with van der Waals surface area (Å²) in [6.45, 7) is 1.20. The van der Waals surface area contributed by atoms with Crippen LogP contribution in [-0.2, 0) is 9.53 Å². The van der Waals surface area contributed by atoms with Crippen LogP contribution in [0.25, 0.3) is 6.08 Å². The van der Waals surface area contributed by atoms with Crippen LogP contribution in [0, 0.1) is 0 Å². The van der Waals surface area contributed by atoms with E-state index in [9.17, 15) is 9.59 Å². The zero-order valence-corrected chi connectivity index (χ0v) is 16.0. The van der Waals surface area contributed by atoms with E-state index in [4.69, 9.17) is 21.4 Å². The van der Waals surface area contributed by atoms with E-state index in [0.29, 0.717) is 23.6 Å². The van der Waals surface area contributed by atoms with Gasteiger partial charge in [0.05, 0.1) is 23.6 Å². The molecule has 3 N–H and O–H groups in total. The molecule has 2 heterocycles. The molecule has 1 aromatic heterocycles. The van der Waals surface area contributed by atoms with E-state index in [-0.39, 0.29) is 17.1 Å². The number of nitrogens with one attached hydrogen (secondary N) is 3. The van der Waals surface area contributed by atoms with Gasteiger partial charge in [0.15, 0.2) is 5.11 Å². The Morgan fingerprint density at radius 1 is 1.21 bits per heavy atom. The zero-order valence-electron chi connectivity index (χ0n) is 15.1. The van der Waals surface area contributed by atoms with Gasteiger partial charge in [-0.3, -0.25) is 14.9 Å². The molecule has 0 bridgehead atoms. The van der Waals surface area contributed by atoms with E-state index in [0.717, 1.165) is 19.4 Å². The van der Waals surface area contributed by atoms with Gasteiger partial charge in [-0.15, -0.1) is 0 Å². The second-order valence-corrected chi connectivity index (χ2v) is 6.59. The summed E-state index contributed by atoms with van der Waals surface area (Å²) >= 11 is 5.17. The maximum atomic E-state index is 12.5. The number of rotatable bonds is 6. The molecule has 0 aliphatic carbocycles. The Labute approximate surface area is 168 Å². The van der Waals surface area contributed by atoms with Gasteiger partial charge < -0.3 is 19.8 Å². The molecule has 7 nitrogen and oxygen atoms in total. The molecule has 1 aliphatic heterocycles. The zero-order chi connectivity index (χ0) is 19.8. The van der Waals surface area contributed by atoms with Crippen molar-refractivity contribution in [3.05, 3.63) is 60.1 Å². The molecule has 3 rings (SSSR count). The van der Waals surface area contributed by atoms with E-state index in [2.05, 4.69) is 16.0 Å². The van der Waals surface area contributed by atoms with E-state index in [1.807, 2.05) is 0 Å². The van der Waals surface area contributed by atoms with Gasteiger partial charge in [-0.1, -0.05) is 12.1 Å². The number of amides is 2. The molecule has 2 aromatic rings. The first-order valence-electron chi connectivity index (χ1n) is 8.94. The molecule has 146 valence electrons. The molecule has 1 saturated heterocycles. The largest absolute Gasteiger partial charge is 0.465 e. The summed E-state index contributed by atoms with van der Waals surface area (Å²) in [6.07, 6.45) is 6.38. The molecule has 0 radical (unpaired) electrons. The van der Waals surface area contributed by atoms with E-state index in [1.165, 1.54) is 18.4 Å². The SMILES string of the molecule is O=C(/C=C/c1ccco1)NC(=S)Nc1ccccc1C(=O)NC[C@H]1CCCO1. The van der Waals surface area contributed by atoms with Crippen molar-refractivity contribution in [2.75, 3.05) is 18.5 Å². The molecule has 1 fully saturated rings. The van der Waals surface area contributed by atoms with Crippen molar-refractivity contribution in [3.63, 3.8) is 0 Å². The average molecular weight is 399 g/mol. The van der Waals surface area contributed by atoms with E-state index < -0.39 is 5.91 Å². The molecule has 28 heavy (non-hydrogen) atoms. The number of para-hydroxylation sites is 1. The number of furan rings is 1. The summed E-state index contributed by atoms with van der Waals surface area (Å²) < 4.78 is 10.6. The number of carbonyl (C=O) groups excluding carboxylic acids is 2. The van der Waals surface area contributed by atoms with Gasteiger partial charge in [-0.25, -0.2) is 0 Å². The summed E-state index contributed by atoms with van der Waals surface area (Å²) in [4.78, 5) is 24.4. The van der Waals surface area contributed by atoms with Crippen LogP contribution in [0.5, 0.6) is 0 Å². The minimum atomic E-state index is -0.408. The molecule has 0 saturated carbocycles. The normalized spacial score (nSPS) is 16.1. The third kappa shape index (κ3) is 5.77.